The van der Waals surface area contributed by atoms with Crippen molar-refractivity contribution in [3.63, 3.8) is 0 Å². The summed E-state index contributed by atoms with van der Waals surface area (Å²) in [5.41, 5.74) is 6.41. The number of amides is 1. The van der Waals surface area contributed by atoms with Crippen molar-refractivity contribution < 1.29 is 9.18 Å². The van der Waals surface area contributed by atoms with Crippen molar-refractivity contribution in [1.82, 2.24) is 10.2 Å². The average molecular weight is 342 g/mol. The van der Waals surface area contributed by atoms with Crippen LogP contribution in [0.15, 0.2) is 18.2 Å². The molecule has 6 heteroatoms. The molecule has 0 radical (unpaired) electrons. The zero-order chi connectivity index (χ0) is 17.1. The van der Waals surface area contributed by atoms with Crippen LogP contribution in [-0.2, 0) is 4.79 Å². The first kappa shape index (κ1) is 18.2. The second-order valence-corrected chi connectivity index (χ2v) is 6.90. The van der Waals surface area contributed by atoms with Gasteiger partial charge in [0.15, 0.2) is 0 Å². The van der Waals surface area contributed by atoms with Crippen molar-refractivity contribution in [2.75, 3.05) is 13.1 Å². The fourth-order valence-corrected chi connectivity index (χ4v) is 3.22. The Morgan fingerprint density at radius 1 is 1.48 bits per heavy atom. The summed E-state index contributed by atoms with van der Waals surface area (Å²) in [5.74, 6) is -0.714. The van der Waals surface area contributed by atoms with Gasteiger partial charge in [0.05, 0.1) is 11.1 Å². The lowest BCUT2D eigenvalue weighted by molar-refractivity contribution is -0.125. The second kappa shape index (κ2) is 7.60. The molecule has 0 aromatic heterocycles. The summed E-state index contributed by atoms with van der Waals surface area (Å²) in [4.78, 5) is 14.5. The molecule has 1 aliphatic heterocycles. The van der Waals surface area contributed by atoms with Crippen molar-refractivity contribution >= 4 is 17.5 Å². The number of likely N-dealkylation sites (tertiary alicyclic amines) is 1. The molecule has 3 atom stereocenters. The molecule has 2 rings (SSSR count). The van der Waals surface area contributed by atoms with Gasteiger partial charge >= 0.3 is 0 Å². The number of carbonyl (C=O) groups excluding carboxylic acids is 1. The van der Waals surface area contributed by atoms with Crippen LogP contribution in [0.25, 0.3) is 0 Å². The van der Waals surface area contributed by atoms with Gasteiger partial charge in [-0.25, -0.2) is 4.39 Å². The third kappa shape index (κ3) is 4.03. The molecule has 1 aromatic rings. The summed E-state index contributed by atoms with van der Waals surface area (Å²) in [5, 5.41) is 3.19. The monoisotopic (exact) mass is 341 g/mol. The smallest absolute Gasteiger partial charge is 0.224 e. The molecule has 0 saturated carbocycles. The summed E-state index contributed by atoms with van der Waals surface area (Å²) >= 11 is 5.80. The van der Waals surface area contributed by atoms with Gasteiger partial charge in [-0.3, -0.25) is 9.69 Å². The Morgan fingerprint density at radius 3 is 2.74 bits per heavy atom. The molecular weight excluding hydrogens is 317 g/mol. The molecule has 128 valence electrons. The third-order valence-electron chi connectivity index (χ3n) is 4.51. The number of nitrogens with zero attached hydrogens (tertiary/aromatic N) is 1. The first-order valence-corrected chi connectivity index (χ1v) is 8.44. The largest absolute Gasteiger partial charge is 0.351 e. The summed E-state index contributed by atoms with van der Waals surface area (Å²) in [7, 11) is 0. The van der Waals surface area contributed by atoms with Gasteiger partial charge in [0.1, 0.15) is 5.82 Å². The van der Waals surface area contributed by atoms with Gasteiger partial charge in [-0.05, 0) is 38.0 Å². The van der Waals surface area contributed by atoms with Gasteiger partial charge in [-0.1, -0.05) is 24.6 Å². The number of nitrogens with two attached hydrogens (primary N) is 1. The topological polar surface area (TPSA) is 58.4 Å². The molecule has 23 heavy (non-hydrogen) atoms. The summed E-state index contributed by atoms with van der Waals surface area (Å²) in [6.45, 7) is 7.18. The Balaban J connectivity index is 2.27. The lowest BCUT2D eigenvalue weighted by Crippen LogP contribution is -2.44. The van der Waals surface area contributed by atoms with E-state index >= 15 is 0 Å². The highest BCUT2D eigenvalue weighted by Gasteiger charge is 2.38. The van der Waals surface area contributed by atoms with Gasteiger partial charge in [-0.2, -0.15) is 0 Å². The van der Waals surface area contributed by atoms with E-state index in [1.54, 1.807) is 6.07 Å². The van der Waals surface area contributed by atoms with E-state index in [9.17, 15) is 9.18 Å². The summed E-state index contributed by atoms with van der Waals surface area (Å²) in [6, 6.07) is 5.06. The van der Waals surface area contributed by atoms with Crippen LogP contribution in [0.1, 0.15) is 38.8 Å². The van der Waals surface area contributed by atoms with Gasteiger partial charge in [-0.15, -0.1) is 0 Å². The number of hydrogen-bond donors (Lipinski definition) is 2. The summed E-state index contributed by atoms with van der Waals surface area (Å²) in [6.07, 6.45) is 0.829. The first-order chi connectivity index (χ1) is 10.8. The minimum atomic E-state index is -0.430. The van der Waals surface area contributed by atoms with Gasteiger partial charge < -0.3 is 11.1 Å². The van der Waals surface area contributed by atoms with Crippen molar-refractivity contribution in [1.29, 1.82) is 0 Å². The van der Waals surface area contributed by atoms with Crippen molar-refractivity contribution in [2.24, 2.45) is 11.7 Å². The minimum Gasteiger partial charge on any atom is -0.351 e. The molecule has 1 saturated heterocycles. The van der Waals surface area contributed by atoms with Gasteiger partial charge in [0.2, 0.25) is 5.91 Å². The molecule has 0 aliphatic carbocycles. The predicted octanol–water partition coefficient (Wildman–Crippen LogP) is 2.71. The maximum Gasteiger partial charge on any atom is 0.224 e. The number of benzene rings is 1. The van der Waals surface area contributed by atoms with Crippen molar-refractivity contribution in [3.05, 3.63) is 34.6 Å². The molecule has 4 nitrogen and oxygen atoms in total. The van der Waals surface area contributed by atoms with Crippen LogP contribution < -0.4 is 11.1 Å². The molecule has 1 fully saturated rings. The number of rotatable bonds is 5. The number of hydrogen-bond acceptors (Lipinski definition) is 3. The van der Waals surface area contributed by atoms with E-state index in [-0.39, 0.29) is 28.9 Å². The number of halogens is 2. The molecule has 1 aliphatic rings. The highest BCUT2D eigenvalue weighted by molar-refractivity contribution is 6.30. The van der Waals surface area contributed by atoms with Crippen LogP contribution in [0.2, 0.25) is 5.02 Å². The quantitative estimate of drug-likeness (QED) is 0.865. The molecule has 1 heterocycles. The Hall–Kier alpha value is -1.17. The highest BCUT2D eigenvalue weighted by Crippen LogP contribution is 2.35. The van der Waals surface area contributed by atoms with Crippen molar-refractivity contribution in [2.45, 2.75) is 45.3 Å². The Labute approximate surface area is 142 Å². The van der Waals surface area contributed by atoms with Crippen LogP contribution in [0, 0.1) is 11.7 Å². The Bertz CT molecular complexity index is 567. The average Bonchev–Trinajstić information content (AvgIpc) is 2.93. The molecule has 0 unspecified atom stereocenters. The first-order valence-electron chi connectivity index (χ1n) is 8.06. The van der Waals surface area contributed by atoms with Gasteiger partial charge in [0.25, 0.3) is 0 Å². The predicted molar refractivity (Wildman–Crippen MR) is 90.8 cm³/mol. The second-order valence-electron chi connectivity index (χ2n) is 6.49. The number of carbonyl (C=O) groups is 1. The van der Waals surface area contributed by atoms with Crippen LogP contribution in [0.3, 0.4) is 0 Å². The highest BCUT2D eigenvalue weighted by atomic mass is 35.5. The van der Waals surface area contributed by atoms with E-state index in [1.807, 2.05) is 13.0 Å². The van der Waals surface area contributed by atoms with E-state index in [2.05, 4.69) is 24.1 Å². The lowest BCUT2D eigenvalue weighted by atomic mass is 9.98. The van der Waals surface area contributed by atoms with Crippen LogP contribution in [-0.4, -0.2) is 36.0 Å². The van der Waals surface area contributed by atoms with Gasteiger partial charge in [0, 0.05) is 31.1 Å². The fraction of sp³-hybridized carbons (Fsp3) is 0.588. The minimum absolute atomic E-state index is 0.0532. The maximum absolute atomic E-state index is 13.9. The molecular formula is C17H25ClFN3O. The van der Waals surface area contributed by atoms with Crippen LogP contribution >= 0.6 is 11.6 Å². The zero-order valence-corrected chi connectivity index (χ0v) is 14.6. The number of nitrogens with one attached hydrogen (secondary N) is 1. The molecule has 1 amide bonds. The Morgan fingerprint density at radius 2 is 2.17 bits per heavy atom. The third-order valence-corrected chi connectivity index (χ3v) is 4.82. The molecule has 0 bridgehead atoms. The van der Waals surface area contributed by atoms with E-state index < -0.39 is 5.82 Å². The van der Waals surface area contributed by atoms with E-state index in [4.69, 9.17) is 17.3 Å². The maximum atomic E-state index is 13.9. The van der Waals surface area contributed by atoms with Crippen molar-refractivity contribution in [3.8, 4) is 0 Å². The summed E-state index contributed by atoms with van der Waals surface area (Å²) < 4.78 is 13.9. The van der Waals surface area contributed by atoms with E-state index in [0.29, 0.717) is 12.6 Å². The SMILES string of the molecule is CC(C)N1CC[C@@H](NC(=O)[C@@H](C)CN)[C@@H]1c1ccc(Cl)c(F)c1. The van der Waals surface area contributed by atoms with E-state index in [1.165, 1.54) is 6.07 Å². The lowest BCUT2D eigenvalue weighted by Gasteiger charge is -2.32. The Kier molecular flexibility index (Phi) is 6.00. The standard InChI is InChI=1S/C17H25ClFN3O/c1-10(2)22-7-6-15(21-17(23)11(3)9-20)16(22)12-4-5-13(18)14(19)8-12/h4-5,8,10-11,15-16H,6-7,9,20H2,1-3H3,(H,21,23)/t11-,15+,16-/m0/s1. The van der Waals surface area contributed by atoms with Crippen LogP contribution in [0.4, 0.5) is 4.39 Å². The van der Waals surface area contributed by atoms with E-state index in [0.717, 1.165) is 18.5 Å². The zero-order valence-electron chi connectivity index (χ0n) is 13.9. The molecule has 3 N–H and O–H groups in total. The molecule has 1 aromatic carbocycles. The molecule has 0 spiro atoms. The van der Waals surface area contributed by atoms with Crippen LogP contribution in [0.5, 0.6) is 0 Å². The fourth-order valence-electron chi connectivity index (χ4n) is 3.10. The normalized spacial score (nSPS) is 23.3.